The van der Waals surface area contributed by atoms with Crippen molar-refractivity contribution in [2.45, 2.75) is 25.2 Å². The van der Waals surface area contributed by atoms with E-state index in [0.29, 0.717) is 22.8 Å². The number of hydrogen-bond acceptors (Lipinski definition) is 2. The Kier molecular flexibility index (Phi) is 4.58. The van der Waals surface area contributed by atoms with Crippen molar-refractivity contribution < 1.29 is 9.59 Å². The van der Waals surface area contributed by atoms with Gasteiger partial charge in [-0.05, 0) is 43.5 Å². The first-order valence-corrected chi connectivity index (χ1v) is 8.39. The zero-order chi connectivity index (χ0) is 17.2. The van der Waals surface area contributed by atoms with Crippen molar-refractivity contribution in [1.29, 1.82) is 0 Å². The van der Waals surface area contributed by atoms with Gasteiger partial charge in [0, 0.05) is 12.2 Å². The van der Waals surface area contributed by atoms with Crippen molar-refractivity contribution in [3.63, 3.8) is 0 Å². The van der Waals surface area contributed by atoms with Gasteiger partial charge in [-0.1, -0.05) is 41.9 Å². The minimum Gasteiger partial charge on any atom is -0.352 e. The molecule has 24 heavy (non-hydrogen) atoms. The zero-order valence-electron chi connectivity index (χ0n) is 13.4. The molecule has 0 bridgehead atoms. The molecule has 1 fully saturated rings. The SMILES string of the molecule is CCNC(=O)c1ccc(NC(=O)C2(c3ccccc3)CC2)cc1Cl. The van der Waals surface area contributed by atoms with Crippen LogP contribution in [0.3, 0.4) is 0 Å². The summed E-state index contributed by atoms with van der Waals surface area (Å²) in [6, 6.07) is 14.7. The normalized spacial score (nSPS) is 14.8. The molecule has 0 radical (unpaired) electrons. The van der Waals surface area contributed by atoms with Crippen LogP contribution in [0.1, 0.15) is 35.7 Å². The lowest BCUT2D eigenvalue weighted by Crippen LogP contribution is -2.28. The number of hydrogen-bond donors (Lipinski definition) is 2. The Hall–Kier alpha value is -2.33. The molecule has 1 aliphatic rings. The Labute approximate surface area is 146 Å². The van der Waals surface area contributed by atoms with Crippen LogP contribution >= 0.6 is 11.6 Å². The lowest BCUT2D eigenvalue weighted by molar-refractivity contribution is -0.118. The van der Waals surface area contributed by atoms with E-state index in [2.05, 4.69) is 10.6 Å². The number of carbonyl (C=O) groups excluding carboxylic acids is 2. The third-order valence-corrected chi connectivity index (χ3v) is 4.63. The van der Waals surface area contributed by atoms with Gasteiger partial charge < -0.3 is 10.6 Å². The summed E-state index contributed by atoms with van der Waals surface area (Å²) >= 11 is 6.18. The van der Waals surface area contributed by atoms with Crippen LogP contribution in [0.5, 0.6) is 0 Å². The van der Waals surface area contributed by atoms with Gasteiger partial charge in [0.25, 0.3) is 5.91 Å². The fourth-order valence-electron chi connectivity index (χ4n) is 2.81. The van der Waals surface area contributed by atoms with Gasteiger partial charge >= 0.3 is 0 Å². The molecule has 2 amide bonds. The van der Waals surface area contributed by atoms with Crippen molar-refractivity contribution in [2.24, 2.45) is 0 Å². The first-order valence-electron chi connectivity index (χ1n) is 8.01. The molecular weight excluding hydrogens is 324 g/mol. The Balaban J connectivity index is 1.76. The highest BCUT2D eigenvalue weighted by molar-refractivity contribution is 6.34. The summed E-state index contributed by atoms with van der Waals surface area (Å²) in [5.41, 5.74) is 1.60. The van der Waals surface area contributed by atoms with Crippen LogP contribution in [0.4, 0.5) is 5.69 Å². The summed E-state index contributed by atoms with van der Waals surface area (Å²) in [4.78, 5) is 24.6. The average Bonchev–Trinajstić information content (AvgIpc) is 3.38. The molecule has 0 unspecified atom stereocenters. The van der Waals surface area contributed by atoms with Crippen molar-refractivity contribution in [2.75, 3.05) is 11.9 Å². The molecule has 0 saturated heterocycles. The fourth-order valence-corrected chi connectivity index (χ4v) is 3.08. The average molecular weight is 343 g/mol. The van der Waals surface area contributed by atoms with Crippen molar-refractivity contribution in [3.8, 4) is 0 Å². The first kappa shape index (κ1) is 16.5. The van der Waals surface area contributed by atoms with Crippen molar-refractivity contribution >= 4 is 29.1 Å². The molecule has 124 valence electrons. The molecule has 2 aromatic carbocycles. The van der Waals surface area contributed by atoms with Crippen LogP contribution in [-0.2, 0) is 10.2 Å². The maximum atomic E-state index is 12.7. The summed E-state index contributed by atoms with van der Waals surface area (Å²) in [5.74, 6) is -0.251. The van der Waals surface area contributed by atoms with Crippen LogP contribution in [0.25, 0.3) is 0 Å². The smallest absolute Gasteiger partial charge is 0.252 e. The van der Waals surface area contributed by atoms with Crippen molar-refractivity contribution in [3.05, 3.63) is 64.7 Å². The summed E-state index contributed by atoms with van der Waals surface area (Å²) in [6.45, 7) is 2.38. The summed E-state index contributed by atoms with van der Waals surface area (Å²) < 4.78 is 0. The molecule has 1 saturated carbocycles. The Bertz CT molecular complexity index is 770. The summed E-state index contributed by atoms with van der Waals surface area (Å²) in [5, 5.41) is 5.96. The number of rotatable bonds is 5. The van der Waals surface area contributed by atoms with Gasteiger partial charge in [-0.15, -0.1) is 0 Å². The predicted octanol–water partition coefficient (Wildman–Crippen LogP) is 3.76. The van der Waals surface area contributed by atoms with Crippen LogP contribution in [0, 0.1) is 0 Å². The highest BCUT2D eigenvalue weighted by Crippen LogP contribution is 2.48. The van der Waals surface area contributed by atoms with Gasteiger partial charge in [0.2, 0.25) is 5.91 Å². The van der Waals surface area contributed by atoms with E-state index in [0.717, 1.165) is 18.4 Å². The molecule has 0 aliphatic heterocycles. The molecule has 1 aliphatic carbocycles. The number of benzene rings is 2. The van der Waals surface area contributed by atoms with E-state index in [1.165, 1.54) is 0 Å². The highest BCUT2D eigenvalue weighted by Gasteiger charge is 2.51. The van der Waals surface area contributed by atoms with E-state index in [9.17, 15) is 9.59 Å². The molecule has 5 heteroatoms. The fraction of sp³-hybridized carbons (Fsp3) is 0.263. The Morgan fingerprint density at radius 2 is 1.83 bits per heavy atom. The highest BCUT2D eigenvalue weighted by atomic mass is 35.5. The van der Waals surface area contributed by atoms with E-state index in [-0.39, 0.29) is 11.8 Å². The Morgan fingerprint density at radius 1 is 1.12 bits per heavy atom. The third-order valence-electron chi connectivity index (χ3n) is 4.32. The first-order chi connectivity index (χ1) is 11.6. The number of anilines is 1. The van der Waals surface area contributed by atoms with E-state index in [4.69, 9.17) is 11.6 Å². The van der Waals surface area contributed by atoms with Gasteiger partial charge in [0.1, 0.15) is 0 Å². The zero-order valence-corrected chi connectivity index (χ0v) is 14.2. The van der Waals surface area contributed by atoms with E-state index >= 15 is 0 Å². The molecule has 3 rings (SSSR count). The van der Waals surface area contributed by atoms with E-state index < -0.39 is 5.41 Å². The molecule has 2 N–H and O–H groups in total. The lowest BCUT2D eigenvalue weighted by atomic mass is 9.95. The second kappa shape index (κ2) is 6.65. The third kappa shape index (κ3) is 3.15. The minimum atomic E-state index is -0.438. The van der Waals surface area contributed by atoms with Gasteiger partial charge in [-0.25, -0.2) is 0 Å². The second-order valence-electron chi connectivity index (χ2n) is 5.96. The quantitative estimate of drug-likeness (QED) is 0.869. The monoisotopic (exact) mass is 342 g/mol. The Morgan fingerprint density at radius 3 is 2.42 bits per heavy atom. The molecule has 0 aromatic heterocycles. The standard InChI is InChI=1S/C19H19ClN2O2/c1-2-21-17(23)15-9-8-14(12-16(15)20)22-18(24)19(10-11-19)13-6-4-3-5-7-13/h3-9,12H,2,10-11H2,1H3,(H,21,23)(H,22,24). The number of amides is 2. The predicted molar refractivity (Wildman–Crippen MR) is 95.4 cm³/mol. The molecule has 4 nitrogen and oxygen atoms in total. The molecule has 2 aromatic rings. The number of carbonyl (C=O) groups is 2. The number of halogens is 1. The number of nitrogens with one attached hydrogen (secondary N) is 2. The van der Waals surface area contributed by atoms with Gasteiger partial charge in [-0.2, -0.15) is 0 Å². The van der Waals surface area contributed by atoms with Crippen molar-refractivity contribution in [1.82, 2.24) is 5.32 Å². The van der Waals surface area contributed by atoms with Gasteiger partial charge in [-0.3, -0.25) is 9.59 Å². The van der Waals surface area contributed by atoms with Crippen LogP contribution < -0.4 is 10.6 Å². The second-order valence-corrected chi connectivity index (χ2v) is 6.36. The maximum Gasteiger partial charge on any atom is 0.252 e. The van der Waals surface area contributed by atoms with Gasteiger partial charge in [0.05, 0.1) is 16.0 Å². The van der Waals surface area contributed by atoms with Crippen LogP contribution in [-0.4, -0.2) is 18.4 Å². The molecular formula is C19H19ClN2O2. The van der Waals surface area contributed by atoms with Crippen LogP contribution in [0.15, 0.2) is 48.5 Å². The molecule has 0 atom stereocenters. The summed E-state index contributed by atoms with van der Waals surface area (Å²) in [7, 11) is 0. The maximum absolute atomic E-state index is 12.7. The molecule has 0 spiro atoms. The minimum absolute atomic E-state index is 0.0319. The topological polar surface area (TPSA) is 58.2 Å². The lowest BCUT2D eigenvalue weighted by Gasteiger charge is -2.16. The van der Waals surface area contributed by atoms with E-state index in [1.54, 1.807) is 18.2 Å². The van der Waals surface area contributed by atoms with Gasteiger partial charge in [0.15, 0.2) is 0 Å². The molecule has 0 heterocycles. The van der Waals surface area contributed by atoms with Crippen LogP contribution in [0.2, 0.25) is 5.02 Å². The largest absolute Gasteiger partial charge is 0.352 e. The summed E-state index contributed by atoms with van der Waals surface area (Å²) in [6.07, 6.45) is 1.68. The van der Waals surface area contributed by atoms with E-state index in [1.807, 2.05) is 37.3 Å².